The van der Waals surface area contributed by atoms with Crippen molar-refractivity contribution in [2.75, 3.05) is 0 Å². The quantitative estimate of drug-likeness (QED) is 0.790. The van der Waals surface area contributed by atoms with Gasteiger partial charge in [-0.15, -0.1) is 0 Å². The number of hydrogen-bond donors (Lipinski definition) is 1. The number of rotatable bonds is 3. The van der Waals surface area contributed by atoms with E-state index >= 15 is 0 Å². The van der Waals surface area contributed by atoms with Gasteiger partial charge in [0, 0.05) is 17.7 Å². The molecule has 2 N–H and O–H groups in total. The summed E-state index contributed by atoms with van der Waals surface area (Å²) in [6.07, 6.45) is 0. The predicted octanol–water partition coefficient (Wildman–Crippen LogP) is 3.17. The van der Waals surface area contributed by atoms with Gasteiger partial charge in [-0.25, -0.2) is 0 Å². The highest BCUT2D eigenvalue weighted by Crippen LogP contribution is 2.24. The highest BCUT2D eigenvalue weighted by atomic mass is 16.5. The third-order valence-electron chi connectivity index (χ3n) is 3.25. The van der Waals surface area contributed by atoms with Crippen molar-refractivity contribution < 1.29 is 4.52 Å². The normalized spacial score (nSPS) is 10.7. The van der Waals surface area contributed by atoms with E-state index < -0.39 is 0 Å². The first-order valence-electron chi connectivity index (χ1n) is 6.47. The Morgan fingerprint density at radius 2 is 1.80 bits per heavy atom. The smallest absolute Gasteiger partial charge is 0.258 e. The van der Waals surface area contributed by atoms with Crippen LogP contribution < -0.4 is 5.73 Å². The van der Waals surface area contributed by atoms with Gasteiger partial charge in [0.2, 0.25) is 5.82 Å². The highest BCUT2D eigenvalue weighted by Gasteiger charge is 2.11. The summed E-state index contributed by atoms with van der Waals surface area (Å²) in [5, 5.41) is 4.06. The number of hydrogen-bond acceptors (Lipinski definition) is 4. The lowest BCUT2D eigenvalue weighted by Crippen LogP contribution is -1.95. The second-order valence-electron chi connectivity index (χ2n) is 4.64. The van der Waals surface area contributed by atoms with Crippen molar-refractivity contribution >= 4 is 0 Å². The Morgan fingerprint density at radius 3 is 2.50 bits per heavy atom. The van der Waals surface area contributed by atoms with Crippen LogP contribution in [0.5, 0.6) is 0 Å². The largest absolute Gasteiger partial charge is 0.334 e. The van der Waals surface area contributed by atoms with Crippen molar-refractivity contribution in [3.05, 3.63) is 59.7 Å². The Morgan fingerprint density at radius 1 is 1.05 bits per heavy atom. The molecule has 100 valence electrons. The molecule has 2 aromatic carbocycles. The minimum absolute atomic E-state index is 0.520. The van der Waals surface area contributed by atoms with Crippen molar-refractivity contribution in [2.24, 2.45) is 5.73 Å². The first-order chi connectivity index (χ1) is 9.78. The Balaban J connectivity index is 1.95. The van der Waals surface area contributed by atoms with E-state index in [0.717, 1.165) is 22.3 Å². The van der Waals surface area contributed by atoms with Crippen LogP contribution in [0.4, 0.5) is 0 Å². The monoisotopic (exact) mass is 265 g/mol. The van der Waals surface area contributed by atoms with E-state index in [1.165, 1.54) is 0 Å². The summed E-state index contributed by atoms with van der Waals surface area (Å²) in [6.45, 7) is 2.56. The van der Waals surface area contributed by atoms with Gasteiger partial charge in [-0.1, -0.05) is 41.6 Å². The zero-order valence-electron chi connectivity index (χ0n) is 11.2. The lowest BCUT2D eigenvalue weighted by atomic mass is 10.1. The van der Waals surface area contributed by atoms with Crippen LogP contribution in [-0.4, -0.2) is 10.1 Å². The maximum absolute atomic E-state index is 5.58. The molecule has 0 spiro atoms. The van der Waals surface area contributed by atoms with E-state index in [0.29, 0.717) is 18.3 Å². The Hall–Kier alpha value is -2.46. The summed E-state index contributed by atoms with van der Waals surface area (Å²) in [5.74, 6) is 1.13. The molecule has 1 heterocycles. The summed E-state index contributed by atoms with van der Waals surface area (Å²) >= 11 is 0. The first-order valence-corrected chi connectivity index (χ1v) is 6.47. The van der Waals surface area contributed by atoms with Gasteiger partial charge in [0.15, 0.2) is 0 Å². The number of aromatic nitrogens is 2. The molecule has 4 heteroatoms. The molecule has 0 fully saturated rings. The highest BCUT2D eigenvalue weighted by molar-refractivity contribution is 5.62. The molecule has 0 atom stereocenters. The van der Waals surface area contributed by atoms with Gasteiger partial charge >= 0.3 is 0 Å². The van der Waals surface area contributed by atoms with Gasteiger partial charge in [0.25, 0.3) is 5.89 Å². The molecule has 4 nitrogen and oxygen atoms in total. The molecule has 1 aromatic heterocycles. The number of nitrogens with two attached hydrogens (primary N) is 1. The Kier molecular flexibility index (Phi) is 3.31. The summed E-state index contributed by atoms with van der Waals surface area (Å²) in [4.78, 5) is 4.46. The van der Waals surface area contributed by atoms with Crippen molar-refractivity contribution in [1.82, 2.24) is 10.1 Å². The van der Waals surface area contributed by atoms with Crippen molar-refractivity contribution in [3.8, 4) is 22.8 Å². The zero-order chi connectivity index (χ0) is 13.9. The summed E-state index contributed by atoms with van der Waals surface area (Å²) in [5.41, 5.74) is 9.67. The fourth-order valence-corrected chi connectivity index (χ4v) is 2.06. The fraction of sp³-hybridized carbons (Fsp3) is 0.125. The molecule has 3 rings (SSSR count). The van der Waals surface area contributed by atoms with Crippen LogP contribution in [0.25, 0.3) is 22.8 Å². The molecule has 0 bridgehead atoms. The van der Waals surface area contributed by atoms with Crippen LogP contribution in [0.1, 0.15) is 11.1 Å². The molecule has 0 aliphatic heterocycles. The van der Waals surface area contributed by atoms with E-state index in [4.69, 9.17) is 10.3 Å². The molecule has 0 amide bonds. The zero-order valence-corrected chi connectivity index (χ0v) is 11.2. The Bertz CT molecular complexity index is 717. The van der Waals surface area contributed by atoms with Crippen LogP contribution >= 0.6 is 0 Å². The SMILES string of the molecule is Cc1ccccc1-c1noc(-c2ccc(CN)cc2)n1. The van der Waals surface area contributed by atoms with E-state index in [1.54, 1.807) is 0 Å². The summed E-state index contributed by atoms with van der Waals surface area (Å²) in [7, 11) is 0. The van der Waals surface area contributed by atoms with Gasteiger partial charge in [-0.2, -0.15) is 4.98 Å². The van der Waals surface area contributed by atoms with E-state index in [9.17, 15) is 0 Å². The van der Waals surface area contributed by atoms with Crippen LogP contribution in [0.2, 0.25) is 0 Å². The van der Waals surface area contributed by atoms with Crippen LogP contribution in [0.3, 0.4) is 0 Å². The first kappa shape index (κ1) is 12.6. The maximum Gasteiger partial charge on any atom is 0.258 e. The number of nitrogens with zero attached hydrogens (tertiary/aromatic N) is 2. The van der Waals surface area contributed by atoms with Crippen molar-refractivity contribution in [1.29, 1.82) is 0 Å². The van der Waals surface area contributed by atoms with E-state index in [2.05, 4.69) is 10.1 Å². The van der Waals surface area contributed by atoms with Gasteiger partial charge in [0.1, 0.15) is 0 Å². The number of aryl methyl sites for hydroxylation is 1. The number of benzene rings is 2. The average Bonchev–Trinajstić information content (AvgIpc) is 2.97. The minimum Gasteiger partial charge on any atom is -0.334 e. The summed E-state index contributed by atoms with van der Waals surface area (Å²) in [6, 6.07) is 15.8. The van der Waals surface area contributed by atoms with Gasteiger partial charge < -0.3 is 10.3 Å². The molecule has 0 saturated heterocycles. The molecule has 0 aliphatic carbocycles. The molecular formula is C16H15N3O. The molecule has 20 heavy (non-hydrogen) atoms. The lowest BCUT2D eigenvalue weighted by molar-refractivity contribution is 0.432. The van der Waals surface area contributed by atoms with Crippen molar-refractivity contribution in [2.45, 2.75) is 13.5 Å². The van der Waals surface area contributed by atoms with Crippen LogP contribution in [-0.2, 0) is 6.54 Å². The third kappa shape index (κ3) is 2.33. The molecule has 0 radical (unpaired) electrons. The van der Waals surface area contributed by atoms with Gasteiger partial charge in [-0.3, -0.25) is 0 Å². The average molecular weight is 265 g/mol. The van der Waals surface area contributed by atoms with E-state index in [-0.39, 0.29) is 0 Å². The molecule has 0 saturated carbocycles. The van der Waals surface area contributed by atoms with Crippen LogP contribution in [0.15, 0.2) is 53.1 Å². The summed E-state index contributed by atoms with van der Waals surface area (Å²) < 4.78 is 5.34. The third-order valence-corrected chi connectivity index (χ3v) is 3.25. The minimum atomic E-state index is 0.520. The standard InChI is InChI=1S/C16H15N3O/c1-11-4-2-3-5-14(11)15-18-16(20-19-15)13-8-6-12(10-17)7-9-13/h2-9H,10,17H2,1H3. The molecule has 0 aliphatic rings. The molecular weight excluding hydrogens is 250 g/mol. The lowest BCUT2D eigenvalue weighted by Gasteiger charge is -1.98. The van der Waals surface area contributed by atoms with Gasteiger partial charge in [0.05, 0.1) is 0 Å². The predicted molar refractivity (Wildman–Crippen MR) is 77.8 cm³/mol. The fourth-order valence-electron chi connectivity index (χ4n) is 2.06. The van der Waals surface area contributed by atoms with Crippen LogP contribution in [0, 0.1) is 6.92 Å². The van der Waals surface area contributed by atoms with E-state index in [1.807, 2.05) is 55.5 Å². The Labute approximate surface area is 117 Å². The second kappa shape index (κ2) is 5.27. The molecule has 0 unspecified atom stereocenters. The second-order valence-corrected chi connectivity index (χ2v) is 4.64. The maximum atomic E-state index is 5.58. The topological polar surface area (TPSA) is 64.9 Å². The molecule has 3 aromatic rings. The van der Waals surface area contributed by atoms with Crippen molar-refractivity contribution in [3.63, 3.8) is 0 Å². The van der Waals surface area contributed by atoms with Gasteiger partial charge in [-0.05, 0) is 30.2 Å².